The number of hydrogen-bond acceptors (Lipinski definition) is 5. The maximum atomic E-state index is 12.9. The molecule has 1 aliphatic heterocycles. The summed E-state index contributed by atoms with van der Waals surface area (Å²) in [6.45, 7) is 11.4. The molecule has 154 valence electrons. The first kappa shape index (κ1) is 22.7. The summed E-state index contributed by atoms with van der Waals surface area (Å²) < 4.78 is 10.6. The number of carbonyl (C=O) groups excluding carboxylic acids is 2. The van der Waals surface area contributed by atoms with Crippen molar-refractivity contribution in [3.05, 3.63) is 65.3 Å². The third-order valence-corrected chi connectivity index (χ3v) is 4.79. The molecule has 0 fully saturated rings. The smallest absolute Gasteiger partial charge is 0.459 e. The number of hydrogen-bond donors (Lipinski definition) is 2. The van der Waals surface area contributed by atoms with Crippen molar-refractivity contribution in [3.8, 4) is 0 Å². The quantitative estimate of drug-likeness (QED) is 0.399. The van der Waals surface area contributed by atoms with Gasteiger partial charge in [0.05, 0.1) is 6.61 Å². The van der Waals surface area contributed by atoms with Crippen molar-refractivity contribution in [3.63, 3.8) is 0 Å². The third-order valence-electron chi connectivity index (χ3n) is 4.79. The average molecular weight is 397 g/mol. The minimum Gasteiger partial charge on any atom is -0.459 e. The molecule has 7 heteroatoms. The molecule has 2 rings (SSSR count). The summed E-state index contributed by atoms with van der Waals surface area (Å²) in [6, 6.07) is 2.65. The van der Waals surface area contributed by atoms with Crippen LogP contribution in [-0.4, -0.2) is 36.7 Å². The number of allylic oxidation sites excluding steroid dienone is 3. The van der Waals surface area contributed by atoms with Crippen LogP contribution < -0.4 is 10.8 Å². The summed E-state index contributed by atoms with van der Waals surface area (Å²) in [4.78, 5) is 25.5. The van der Waals surface area contributed by atoms with E-state index in [0.717, 1.165) is 11.1 Å². The predicted molar refractivity (Wildman–Crippen MR) is 114 cm³/mol. The van der Waals surface area contributed by atoms with Gasteiger partial charge in [0.15, 0.2) is 0 Å². The van der Waals surface area contributed by atoms with Crippen molar-refractivity contribution < 1.29 is 24.0 Å². The lowest BCUT2D eigenvalue weighted by Crippen LogP contribution is -2.46. The Bertz CT molecular complexity index is 844. The summed E-state index contributed by atoms with van der Waals surface area (Å²) >= 11 is 0. The maximum absolute atomic E-state index is 12.9. The Morgan fingerprint density at radius 2 is 2.14 bits per heavy atom. The lowest BCUT2D eigenvalue weighted by molar-refractivity contribution is -0.146. The fourth-order valence-corrected chi connectivity index (χ4v) is 3.23. The van der Waals surface area contributed by atoms with E-state index in [0.29, 0.717) is 23.2 Å². The Hall–Kier alpha value is -2.64. The van der Waals surface area contributed by atoms with E-state index in [1.54, 1.807) is 31.2 Å². The van der Waals surface area contributed by atoms with Crippen LogP contribution >= 0.6 is 0 Å². The lowest BCUT2D eigenvalue weighted by atomic mass is 9.75. The van der Waals surface area contributed by atoms with Crippen LogP contribution in [0.1, 0.15) is 42.3 Å². The van der Waals surface area contributed by atoms with E-state index in [2.05, 4.69) is 11.9 Å². The monoisotopic (exact) mass is 397 g/mol. The van der Waals surface area contributed by atoms with Gasteiger partial charge in [-0.1, -0.05) is 50.8 Å². The number of nitrogens with one attached hydrogen (secondary N) is 1. The molecule has 0 saturated heterocycles. The first-order valence-corrected chi connectivity index (χ1v) is 9.64. The van der Waals surface area contributed by atoms with E-state index in [9.17, 15) is 14.6 Å². The number of amides is 1. The van der Waals surface area contributed by atoms with E-state index in [-0.39, 0.29) is 12.5 Å². The number of ether oxygens (including phenoxy) is 1. The van der Waals surface area contributed by atoms with Crippen molar-refractivity contribution in [2.45, 2.75) is 40.3 Å². The molecular weight excluding hydrogens is 369 g/mol. The number of esters is 1. The summed E-state index contributed by atoms with van der Waals surface area (Å²) in [7, 11) is -1.04. The average Bonchev–Trinajstić information content (AvgIpc) is 3.06. The van der Waals surface area contributed by atoms with E-state index in [1.165, 1.54) is 0 Å². The highest BCUT2D eigenvalue weighted by Gasteiger charge is 2.32. The molecule has 2 N–H and O–H groups in total. The number of fused-ring (bicyclic) bond motifs is 1. The van der Waals surface area contributed by atoms with Crippen molar-refractivity contribution in [1.82, 2.24) is 5.32 Å². The van der Waals surface area contributed by atoms with E-state index >= 15 is 0 Å². The molecule has 1 aliphatic rings. The molecule has 0 saturated carbocycles. The van der Waals surface area contributed by atoms with Gasteiger partial charge in [0.25, 0.3) is 5.91 Å². The number of benzene rings is 1. The van der Waals surface area contributed by atoms with Gasteiger partial charge in [0, 0.05) is 5.56 Å². The molecule has 0 bridgehead atoms. The zero-order chi connectivity index (χ0) is 21.6. The summed E-state index contributed by atoms with van der Waals surface area (Å²) in [5.41, 5.74) is 3.31. The summed E-state index contributed by atoms with van der Waals surface area (Å²) in [5, 5.41) is 12.8. The second-order valence-electron chi connectivity index (χ2n) is 7.25. The van der Waals surface area contributed by atoms with E-state index < -0.39 is 25.0 Å². The van der Waals surface area contributed by atoms with Gasteiger partial charge in [-0.25, -0.2) is 4.79 Å². The highest BCUT2D eigenvalue weighted by Crippen LogP contribution is 2.17. The van der Waals surface area contributed by atoms with E-state index in [1.807, 2.05) is 32.9 Å². The first-order chi connectivity index (χ1) is 13.8. The van der Waals surface area contributed by atoms with Crippen LogP contribution in [0.5, 0.6) is 0 Å². The van der Waals surface area contributed by atoms with Crippen LogP contribution in [-0.2, 0) is 20.8 Å². The summed E-state index contributed by atoms with van der Waals surface area (Å²) in [5.74, 6) is -1.06. The number of rotatable bonds is 8. The van der Waals surface area contributed by atoms with Crippen molar-refractivity contribution in [1.29, 1.82) is 0 Å². The van der Waals surface area contributed by atoms with E-state index in [4.69, 9.17) is 9.39 Å². The third kappa shape index (κ3) is 5.46. The fourth-order valence-electron chi connectivity index (χ4n) is 3.23. The molecule has 1 aromatic rings. The van der Waals surface area contributed by atoms with Crippen LogP contribution in [0.4, 0.5) is 0 Å². The predicted octanol–water partition coefficient (Wildman–Crippen LogP) is 2.20. The van der Waals surface area contributed by atoms with Gasteiger partial charge >= 0.3 is 13.1 Å². The maximum Gasteiger partial charge on any atom is 0.492 e. The molecule has 0 aromatic heterocycles. The van der Waals surface area contributed by atoms with Crippen molar-refractivity contribution in [2.75, 3.05) is 6.61 Å². The zero-order valence-electron chi connectivity index (χ0n) is 17.4. The van der Waals surface area contributed by atoms with Crippen LogP contribution in [0, 0.1) is 12.8 Å². The molecule has 0 radical (unpaired) electrons. The van der Waals surface area contributed by atoms with Crippen LogP contribution in [0.3, 0.4) is 0 Å². The SMILES string of the molecule is C=C/C=C(\C=C/C)COC(=O)C(NC(=O)c1ccc2c(c1C)B(O)OC2)C(C)C. The molecule has 1 unspecified atom stereocenters. The second-order valence-corrected chi connectivity index (χ2v) is 7.25. The minimum atomic E-state index is -1.04. The van der Waals surface area contributed by atoms with Crippen molar-refractivity contribution >= 4 is 24.5 Å². The highest BCUT2D eigenvalue weighted by atomic mass is 16.5. The molecule has 1 aromatic carbocycles. The van der Waals surface area contributed by atoms with Crippen LogP contribution in [0.15, 0.2) is 48.6 Å². The Labute approximate surface area is 172 Å². The molecular formula is C22H28BNO5. The van der Waals surface area contributed by atoms with Gasteiger partial charge in [-0.15, -0.1) is 0 Å². The van der Waals surface area contributed by atoms with Gasteiger partial charge in [-0.05, 0) is 48.0 Å². The molecule has 1 heterocycles. The van der Waals surface area contributed by atoms with Gasteiger partial charge < -0.3 is 19.7 Å². The summed E-state index contributed by atoms with van der Waals surface area (Å²) in [6.07, 6.45) is 7.07. The topological polar surface area (TPSA) is 84.9 Å². The zero-order valence-corrected chi connectivity index (χ0v) is 17.4. The van der Waals surface area contributed by atoms with Gasteiger partial charge in [-0.3, -0.25) is 4.79 Å². The molecule has 0 aliphatic carbocycles. The normalized spacial score (nSPS) is 14.8. The Morgan fingerprint density at radius 3 is 2.76 bits per heavy atom. The van der Waals surface area contributed by atoms with Crippen LogP contribution in [0.2, 0.25) is 0 Å². The molecule has 0 spiro atoms. The molecule has 1 atom stereocenters. The van der Waals surface area contributed by atoms with Crippen molar-refractivity contribution in [2.24, 2.45) is 5.92 Å². The molecule has 6 nitrogen and oxygen atoms in total. The Balaban J connectivity index is 2.13. The first-order valence-electron chi connectivity index (χ1n) is 9.64. The molecule has 1 amide bonds. The standard InChI is InChI=1S/C22H28BNO5/c1-6-8-16(9-7-2)12-28-22(26)20(14(3)4)24-21(25)18-11-10-17-13-29-23(27)19(17)15(18)5/h6-11,14,20,27H,1,12-13H2,2-5H3,(H,24,25)/b9-7-,16-8+. The fraction of sp³-hybridized carbons (Fsp3) is 0.364. The van der Waals surface area contributed by atoms with Crippen LogP contribution in [0.25, 0.3) is 0 Å². The lowest BCUT2D eigenvalue weighted by Gasteiger charge is -2.22. The highest BCUT2D eigenvalue weighted by molar-refractivity contribution is 6.62. The van der Waals surface area contributed by atoms with Gasteiger partial charge in [0.2, 0.25) is 0 Å². The number of carbonyl (C=O) groups is 2. The Morgan fingerprint density at radius 1 is 1.41 bits per heavy atom. The second kappa shape index (κ2) is 10.2. The molecule has 29 heavy (non-hydrogen) atoms. The van der Waals surface area contributed by atoms with Gasteiger partial charge in [0.1, 0.15) is 12.6 Å². The minimum absolute atomic E-state index is 0.0929. The van der Waals surface area contributed by atoms with Gasteiger partial charge in [-0.2, -0.15) is 0 Å². The Kier molecular flexibility index (Phi) is 7.99. The largest absolute Gasteiger partial charge is 0.492 e.